The number of ketones is 1. The van der Waals surface area contributed by atoms with Gasteiger partial charge in [0.15, 0.2) is 0 Å². The fraction of sp³-hybridized carbons (Fsp3) is 0.500. The lowest BCUT2D eigenvalue weighted by Gasteiger charge is -2.15. The summed E-state index contributed by atoms with van der Waals surface area (Å²) in [5.41, 5.74) is 6.48. The van der Waals surface area contributed by atoms with Crippen LogP contribution in [-0.2, 0) is 16.0 Å². The Bertz CT molecular complexity index is 489. The molecule has 0 aliphatic rings. The second-order valence-corrected chi connectivity index (χ2v) is 5.22. The number of carboxylic acids is 1. The number of halogens is 1. The molecule has 1 unspecified atom stereocenters. The fourth-order valence-corrected chi connectivity index (χ4v) is 2.06. The molecule has 0 spiro atoms. The maximum atomic E-state index is 12.0. The molecule has 3 N–H and O–H groups in total. The number of hydrogen-bond donors (Lipinski definition) is 2. The molecular weight excluding hydrogens is 288 g/mol. The molecule has 0 bridgehead atoms. The number of rotatable bonds is 10. The zero-order valence-corrected chi connectivity index (χ0v) is 12.6. The smallest absolute Gasteiger partial charge is 0.306 e. The summed E-state index contributed by atoms with van der Waals surface area (Å²) in [4.78, 5) is 22.4. The third-order valence-electron chi connectivity index (χ3n) is 3.45. The quantitative estimate of drug-likeness (QED) is 0.689. The largest absolute Gasteiger partial charge is 0.491 e. The third-order valence-corrected chi connectivity index (χ3v) is 3.45. The Kier molecular flexibility index (Phi) is 7.52. The van der Waals surface area contributed by atoms with Crippen LogP contribution in [0.1, 0.15) is 25.3 Å². The first-order chi connectivity index (χ1) is 10.4. The molecule has 22 heavy (non-hydrogen) atoms. The molecule has 1 rings (SSSR count). The minimum Gasteiger partial charge on any atom is -0.491 e. The maximum absolute atomic E-state index is 12.0. The Labute approximate surface area is 129 Å². The van der Waals surface area contributed by atoms with Crippen LogP contribution in [0.15, 0.2) is 24.3 Å². The van der Waals surface area contributed by atoms with Crippen LogP contribution in [0.5, 0.6) is 5.75 Å². The molecule has 6 heteroatoms. The van der Waals surface area contributed by atoms with Crippen molar-refractivity contribution in [1.29, 1.82) is 0 Å². The number of aliphatic carboxylic acids is 1. The molecule has 0 aliphatic carbocycles. The van der Waals surface area contributed by atoms with E-state index in [0.717, 1.165) is 5.56 Å². The van der Waals surface area contributed by atoms with Gasteiger partial charge in [0.2, 0.25) is 0 Å². The van der Waals surface area contributed by atoms with E-state index in [2.05, 4.69) is 0 Å². The number of carboxylic acid groups (broad SMARTS) is 1. The van der Waals surface area contributed by atoms with Crippen molar-refractivity contribution in [2.75, 3.05) is 13.3 Å². The van der Waals surface area contributed by atoms with Gasteiger partial charge in [0.05, 0.1) is 12.0 Å². The zero-order chi connectivity index (χ0) is 16.5. The number of benzene rings is 1. The molecule has 0 aromatic heterocycles. The molecule has 0 fully saturated rings. The van der Waals surface area contributed by atoms with E-state index in [9.17, 15) is 19.1 Å². The highest BCUT2D eigenvalue weighted by Gasteiger charge is 2.20. The molecule has 5 nitrogen and oxygen atoms in total. The number of Topliss-reactive ketones (excluding diaryl/α,β-unsaturated/α-hetero) is 1. The lowest BCUT2D eigenvalue weighted by molar-refractivity contribution is -0.142. The van der Waals surface area contributed by atoms with E-state index in [4.69, 9.17) is 10.5 Å². The minimum atomic E-state index is -0.909. The highest BCUT2D eigenvalue weighted by atomic mass is 18.2. The Hall–Kier alpha value is -1.95. The first-order valence-corrected chi connectivity index (χ1v) is 7.20. The van der Waals surface area contributed by atoms with Crippen LogP contribution in [0.4, 0.5) is 4.39 Å². The van der Waals surface area contributed by atoms with Crippen LogP contribution >= 0.6 is 0 Å². The normalized spacial score (nSPS) is 13.4. The summed E-state index contributed by atoms with van der Waals surface area (Å²) in [6.07, 6.45) is 1.05. The van der Waals surface area contributed by atoms with Crippen LogP contribution in [0.3, 0.4) is 0 Å². The van der Waals surface area contributed by atoms with E-state index >= 15 is 0 Å². The number of carbonyl (C=O) groups is 2. The molecule has 0 aliphatic heterocycles. The Morgan fingerprint density at radius 3 is 2.41 bits per heavy atom. The summed E-state index contributed by atoms with van der Waals surface area (Å²) in [5.74, 6) is -1.10. The molecule has 2 atom stereocenters. The average Bonchev–Trinajstić information content (AvgIpc) is 2.49. The van der Waals surface area contributed by atoms with Crippen molar-refractivity contribution in [3.05, 3.63) is 29.8 Å². The summed E-state index contributed by atoms with van der Waals surface area (Å²) in [6, 6.07) is 6.28. The van der Waals surface area contributed by atoms with Crippen LogP contribution in [-0.4, -0.2) is 36.2 Å². The number of ether oxygens (including phenoxy) is 1. The Morgan fingerprint density at radius 2 is 1.91 bits per heavy atom. The summed E-state index contributed by atoms with van der Waals surface area (Å²) in [5, 5.41) is 9.26. The Morgan fingerprint density at radius 1 is 1.27 bits per heavy atom. The zero-order valence-electron chi connectivity index (χ0n) is 12.6. The SMILES string of the molecule is CC(=O)[C@H](N)CCC(Cc1ccc(OCC[18F])cc1)C(=O)O. The minimum absolute atomic E-state index is 0.0000321. The van der Waals surface area contributed by atoms with E-state index in [1.807, 2.05) is 0 Å². The van der Waals surface area contributed by atoms with Crippen LogP contribution in [0.25, 0.3) is 0 Å². The van der Waals surface area contributed by atoms with Crippen LogP contribution < -0.4 is 10.5 Å². The van der Waals surface area contributed by atoms with Gasteiger partial charge >= 0.3 is 5.97 Å². The van der Waals surface area contributed by atoms with Gasteiger partial charge in [-0.2, -0.15) is 0 Å². The molecule has 0 saturated carbocycles. The first kappa shape index (κ1) is 18.1. The topological polar surface area (TPSA) is 89.6 Å². The van der Waals surface area contributed by atoms with Gasteiger partial charge in [-0.05, 0) is 43.9 Å². The van der Waals surface area contributed by atoms with Crippen molar-refractivity contribution < 1.29 is 23.8 Å². The highest BCUT2D eigenvalue weighted by Crippen LogP contribution is 2.19. The Balaban J connectivity index is 2.59. The van der Waals surface area contributed by atoms with Gasteiger partial charge in [0.1, 0.15) is 24.8 Å². The number of alkyl halides is 1. The van der Waals surface area contributed by atoms with Crippen molar-refractivity contribution in [2.45, 2.75) is 32.2 Å². The second-order valence-electron chi connectivity index (χ2n) is 5.22. The van der Waals surface area contributed by atoms with Gasteiger partial charge in [-0.15, -0.1) is 0 Å². The van der Waals surface area contributed by atoms with Gasteiger partial charge in [0.25, 0.3) is 0 Å². The van der Waals surface area contributed by atoms with Crippen molar-refractivity contribution >= 4 is 11.8 Å². The van der Waals surface area contributed by atoms with Gasteiger partial charge < -0.3 is 15.6 Å². The lowest BCUT2D eigenvalue weighted by atomic mass is 9.92. The monoisotopic (exact) mass is 310 g/mol. The second kappa shape index (κ2) is 9.15. The third kappa shape index (κ3) is 6.22. The molecule has 0 saturated heterocycles. The fourth-order valence-electron chi connectivity index (χ4n) is 2.06. The summed E-state index contributed by atoms with van der Waals surface area (Å²) in [6.45, 7) is 0.843. The molecule has 1 aromatic rings. The maximum Gasteiger partial charge on any atom is 0.306 e. The van der Waals surface area contributed by atoms with E-state index in [1.165, 1.54) is 6.92 Å². The van der Waals surface area contributed by atoms with Crippen molar-refractivity contribution in [3.63, 3.8) is 0 Å². The number of hydrogen-bond acceptors (Lipinski definition) is 4. The summed E-state index contributed by atoms with van der Waals surface area (Å²) in [7, 11) is 0. The van der Waals surface area contributed by atoms with E-state index < -0.39 is 24.6 Å². The first-order valence-electron chi connectivity index (χ1n) is 7.20. The number of nitrogens with two attached hydrogens (primary N) is 1. The van der Waals surface area contributed by atoms with Crippen LogP contribution in [0, 0.1) is 5.92 Å². The highest BCUT2D eigenvalue weighted by molar-refractivity contribution is 5.81. The molecule has 122 valence electrons. The predicted molar refractivity (Wildman–Crippen MR) is 80.6 cm³/mol. The van der Waals surface area contributed by atoms with Gasteiger partial charge in [-0.3, -0.25) is 9.59 Å². The standard InChI is InChI=1S/C16H22FNO4/c1-11(19)15(18)7-4-13(16(20)21)10-12-2-5-14(6-3-12)22-9-8-17/h2-3,5-6,13,15H,4,7-10,18H2,1H3,(H,20,21)/t13?,15-/m1/s1/i17-1. The average molecular weight is 310 g/mol. The van der Waals surface area contributed by atoms with Crippen LogP contribution in [0.2, 0.25) is 0 Å². The molecule has 0 amide bonds. The molecular formula is C16H22FNO4. The van der Waals surface area contributed by atoms with E-state index in [-0.39, 0.29) is 12.4 Å². The lowest BCUT2D eigenvalue weighted by Crippen LogP contribution is -2.30. The van der Waals surface area contributed by atoms with Gasteiger partial charge in [-0.1, -0.05) is 12.1 Å². The van der Waals surface area contributed by atoms with E-state index in [0.29, 0.717) is 25.0 Å². The summed E-state index contributed by atoms with van der Waals surface area (Å²) >= 11 is 0. The van der Waals surface area contributed by atoms with Crippen molar-refractivity contribution in [2.24, 2.45) is 11.7 Å². The molecule has 0 radical (unpaired) electrons. The van der Waals surface area contributed by atoms with Crippen molar-refractivity contribution in [3.8, 4) is 5.75 Å². The van der Waals surface area contributed by atoms with E-state index in [1.54, 1.807) is 24.3 Å². The molecule has 1 aromatic carbocycles. The van der Waals surface area contributed by atoms with Gasteiger partial charge in [0, 0.05) is 0 Å². The molecule has 0 heterocycles. The van der Waals surface area contributed by atoms with Crippen molar-refractivity contribution in [1.82, 2.24) is 0 Å². The predicted octanol–water partition coefficient (Wildman–Crippen LogP) is 1.97. The van der Waals surface area contributed by atoms with Gasteiger partial charge in [-0.25, -0.2) is 4.39 Å². The summed E-state index contributed by atoms with van der Waals surface area (Å²) < 4.78 is 17.1. The number of carbonyl (C=O) groups excluding carboxylic acids is 1.